The van der Waals surface area contributed by atoms with Crippen LogP contribution in [-0.4, -0.2) is 42.6 Å². The van der Waals surface area contributed by atoms with E-state index in [0.29, 0.717) is 23.8 Å². The van der Waals surface area contributed by atoms with Crippen molar-refractivity contribution in [3.63, 3.8) is 0 Å². The lowest BCUT2D eigenvalue weighted by molar-refractivity contribution is 0.579. The van der Waals surface area contributed by atoms with Crippen molar-refractivity contribution in [1.29, 1.82) is 5.26 Å². The first-order valence-electron chi connectivity index (χ1n) is 6.01. The highest BCUT2D eigenvalue weighted by atomic mass is 32.2. The van der Waals surface area contributed by atoms with Crippen LogP contribution in [0.2, 0.25) is 0 Å². The lowest BCUT2D eigenvalue weighted by Crippen LogP contribution is -2.48. The number of aromatic nitrogens is 1. The predicted molar refractivity (Wildman–Crippen MR) is 76.9 cm³/mol. The molecule has 0 saturated carbocycles. The van der Waals surface area contributed by atoms with Gasteiger partial charge in [-0.05, 0) is 12.1 Å². The zero-order valence-corrected chi connectivity index (χ0v) is 12.2. The molecule has 102 valence electrons. The molecule has 7 heteroatoms. The van der Waals surface area contributed by atoms with Gasteiger partial charge >= 0.3 is 0 Å². The van der Waals surface area contributed by atoms with Crippen molar-refractivity contribution in [3.05, 3.63) is 23.9 Å². The van der Waals surface area contributed by atoms with E-state index in [0.717, 1.165) is 5.75 Å². The molecule has 0 amide bonds. The van der Waals surface area contributed by atoms with Crippen LogP contribution in [0.25, 0.3) is 0 Å². The summed E-state index contributed by atoms with van der Waals surface area (Å²) in [5, 5.41) is 8.34. The van der Waals surface area contributed by atoms with Crippen LogP contribution in [0.4, 0.5) is 5.82 Å². The van der Waals surface area contributed by atoms with Crippen LogP contribution in [0.3, 0.4) is 0 Å². The molecule has 1 aromatic rings. The molecule has 0 radical (unpaired) electrons. The molecule has 1 unspecified atom stereocenters. The van der Waals surface area contributed by atoms with Crippen LogP contribution in [0, 0.1) is 11.3 Å². The fourth-order valence-electron chi connectivity index (χ4n) is 1.98. The molecule has 0 spiro atoms. The van der Waals surface area contributed by atoms with Crippen molar-refractivity contribution >= 4 is 27.4 Å². The van der Waals surface area contributed by atoms with Gasteiger partial charge in [0, 0.05) is 23.8 Å². The van der Waals surface area contributed by atoms with Gasteiger partial charge in [-0.1, -0.05) is 13.0 Å². The van der Waals surface area contributed by atoms with Gasteiger partial charge in [0.15, 0.2) is 9.84 Å². The number of thioether (sulfide) groups is 1. The van der Waals surface area contributed by atoms with E-state index in [4.69, 9.17) is 5.26 Å². The van der Waals surface area contributed by atoms with Gasteiger partial charge in [-0.3, -0.25) is 0 Å². The maximum atomic E-state index is 12.1. The molecule has 0 aliphatic carbocycles. The molecule has 19 heavy (non-hydrogen) atoms. The monoisotopic (exact) mass is 297 g/mol. The summed E-state index contributed by atoms with van der Waals surface area (Å²) in [6.45, 7) is 2.29. The van der Waals surface area contributed by atoms with Gasteiger partial charge in [-0.15, -0.1) is 0 Å². The summed E-state index contributed by atoms with van der Waals surface area (Å²) in [5.41, 5.74) is 0.309. The number of hydrogen-bond donors (Lipinski definition) is 0. The number of sulfone groups is 1. The summed E-state index contributed by atoms with van der Waals surface area (Å²) in [6, 6.07) is 7.09. The van der Waals surface area contributed by atoms with Crippen LogP contribution in [-0.2, 0) is 9.84 Å². The van der Waals surface area contributed by atoms with Crippen molar-refractivity contribution in [2.45, 2.75) is 12.3 Å². The van der Waals surface area contributed by atoms with Crippen LogP contribution < -0.4 is 4.90 Å². The average Bonchev–Trinajstić information content (AvgIpc) is 2.47. The lowest BCUT2D eigenvalue weighted by Gasteiger charge is -2.35. The smallest absolute Gasteiger partial charge is 0.171 e. The predicted octanol–water partition coefficient (Wildman–Crippen LogP) is 1.27. The number of pyridine rings is 1. The standard InChI is InChI=1S/C12H15N3O2S2/c1-2-19(16,17)12-9-18-7-6-15(12)11-5-3-4-10(8-13)14-11/h3-5,12H,2,6-7,9H2,1H3. The second-order valence-electron chi connectivity index (χ2n) is 4.17. The van der Waals surface area contributed by atoms with Crippen LogP contribution in [0.1, 0.15) is 12.6 Å². The molecule has 2 heterocycles. The summed E-state index contributed by atoms with van der Waals surface area (Å²) in [5.74, 6) is 2.11. The van der Waals surface area contributed by atoms with Gasteiger partial charge < -0.3 is 4.90 Å². The molecular formula is C12H15N3O2S2. The second-order valence-corrected chi connectivity index (χ2v) is 7.76. The van der Waals surface area contributed by atoms with Crippen LogP contribution >= 0.6 is 11.8 Å². The van der Waals surface area contributed by atoms with Gasteiger partial charge in [0.2, 0.25) is 0 Å². The molecule has 2 rings (SSSR count). The van der Waals surface area contributed by atoms with Gasteiger partial charge in [0.05, 0.1) is 0 Å². The first-order valence-corrected chi connectivity index (χ1v) is 8.88. The number of anilines is 1. The van der Waals surface area contributed by atoms with Crippen molar-refractivity contribution in [3.8, 4) is 6.07 Å². The van der Waals surface area contributed by atoms with E-state index in [1.54, 1.807) is 41.8 Å². The Balaban J connectivity index is 2.37. The molecule has 1 atom stereocenters. The first-order chi connectivity index (χ1) is 9.08. The Bertz CT molecular complexity index is 595. The molecule has 1 aliphatic rings. The fourth-order valence-corrected chi connectivity index (χ4v) is 4.96. The minimum absolute atomic E-state index is 0.118. The van der Waals surface area contributed by atoms with Crippen molar-refractivity contribution < 1.29 is 8.42 Å². The number of hydrogen-bond acceptors (Lipinski definition) is 6. The van der Waals surface area contributed by atoms with Crippen molar-refractivity contribution in [2.24, 2.45) is 0 Å². The minimum atomic E-state index is -3.16. The number of rotatable bonds is 3. The molecule has 1 saturated heterocycles. The van der Waals surface area contributed by atoms with Crippen molar-refractivity contribution in [1.82, 2.24) is 4.98 Å². The highest BCUT2D eigenvalue weighted by molar-refractivity contribution is 8.01. The highest BCUT2D eigenvalue weighted by Crippen LogP contribution is 2.26. The number of nitriles is 1. The molecule has 5 nitrogen and oxygen atoms in total. The molecule has 0 bridgehead atoms. The Hall–Kier alpha value is -1.26. The SMILES string of the molecule is CCS(=O)(=O)C1CSCCN1c1cccc(C#N)n1. The third-order valence-electron chi connectivity index (χ3n) is 3.04. The Morgan fingerprint density at radius 2 is 2.37 bits per heavy atom. The molecule has 0 aromatic carbocycles. The average molecular weight is 297 g/mol. The maximum absolute atomic E-state index is 12.1. The topological polar surface area (TPSA) is 74.1 Å². The molecule has 0 N–H and O–H groups in total. The molecule has 1 aliphatic heterocycles. The van der Waals surface area contributed by atoms with E-state index >= 15 is 0 Å². The third-order valence-corrected chi connectivity index (χ3v) is 6.33. The van der Waals surface area contributed by atoms with Gasteiger partial charge in [-0.2, -0.15) is 17.0 Å². The summed E-state index contributed by atoms with van der Waals surface area (Å²) < 4.78 is 24.3. The van der Waals surface area contributed by atoms with E-state index in [9.17, 15) is 8.42 Å². The quantitative estimate of drug-likeness (QED) is 0.836. The summed E-state index contributed by atoms with van der Waals surface area (Å²) in [4.78, 5) is 6.01. The third kappa shape index (κ3) is 3.01. The zero-order chi connectivity index (χ0) is 13.9. The van der Waals surface area contributed by atoms with E-state index in [2.05, 4.69) is 4.98 Å². The van der Waals surface area contributed by atoms with Crippen molar-refractivity contribution in [2.75, 3.05) is 28.7 Å². The molecule has 1 fully saturated rings. The Labute approximate surface area is 117 Å². The lowest BCUT2D eigenvalue weighted by atomic mass is 10.3. The Morgan fingerprint density at radius 1 is 1.58 bits per heavy atom. The largest absolute Gasteiger partial charge is 0.338 e. The Morgan fingerprint density at radius 3 is 3.05 bits per heavy atom. The number of nitrogens with zero attached hydrogens (tertiary/aromatic N) is 3. The van der Waals surface area contributed by atoms with E-state index < -0.39 is 15.2 Å². The first kappa shape index (κ1) is 14.2. The Kier molecular flexibility index (Phi) is 4.32. The van der Waals surface area contributed by atoms with Crippen LogP contribution in [0.15, 0.2) is 18.2 Å². The molecular weight excluding hydrogens is 282 g/mol. The summed E-state index contributed by atoms with van der Waals surface area (Å²) in [6.07, 6.45) is 0. The summed E-state index contributed by atoms with van der Waals surface area (Å²) >= 11 is 1.64. The van der Waals surface area contributed by atoms with E-state index in [1.807, 2.05) is 6.07 Å². The normalized spacial score (nSPS) is 20.0. The van der Waals surface area contributed by atoms with E-state index in [1.165, 1.54) is 0 Å². The minimum Gasteiger partial charge on any atom is -0.338 e. The summed E-state index contributed by atoms with van der Waals surface area (Å²) in [7, 11) is -3.16. The van der Waals surface area contributed by atoms with Crippen LogP contribution in [0.5, 0.6) is 0 Å². The van der Waals surface area contributed by atoms with E-state index in [-0.39, 0.29) is 5.75 Å². The van der Waals surface area contributed by atoms with Gasteiger partial charge in [0.25, 0.3) is 0 Å². The zero-order valence-electron chi connectivity index (χ0n) is 10.6. The van der Waals surface area contributed by atoms with Gasteiger partial charge in [0.1, 0.15) is 23.0 Å². The second kappa shape index (κ2) is 5.80. The molecule has 1 aromatic heterocycles. The maximum Gasteiger partial charge on any atom is 0.171 e. The highest BCUT2D eigenvalue weighted by Gasteiger charge is 2.33. The fraction of sp³-hybridized carbons (Fsp3) is 0.500. The van der Waals surface area contributed by atoms with Gasteiger partial charge in [-0.25, -0.2) is 13.4 Å².